The molecule has 0 saturated heterocycles. The molecular formula is C11H16BrN3S. The van der Waals surface area contributed by atoms with Crippen molar-refractivity contribution < 1.29 is 0 Å². The molecule has 1 heterocycles. The number of anilines is 1. The van der Waals surface area contributed by atoms with Gasteiger partial charge in [-0.1, -0.05) is 6.42 Å². The van der Waals surface area contributed by atoms with E-state index in [0.29, 0.717) is 11.3 Å². The van der Waals surface area contributed by atoms with E-state index in [4.69, 9.17) is 0 Å². The minimum absolute atomic E-state index is 0.552. The van der Waals surface area contributed by atoms with Crippen molar-refractivity contribution in [1.82, 2.24) is 9.97 Å². The van der Waals surface area contributed by atoms with Crippen molar-refractivity contribution in [2.24, 2.45) is 0 Å². The van der Waals surface area contributed by atoms with Crippen LogP contribution in [0.2, 0.25) is 0 Å². The Labute approximate surface area is 109 Å². The molecule has 5 heteroatoms. The summed E-state index contributed by atoms with van der Waals surface area (Å²) in [6.45, 7) is 1.91. The molecule has 2 atom stereocenters. The van der Waals surface area contributed by atoms with Gasteiger partial charge in [0.25, 0.3) is 0 Å². The van der Waals surface area contributed by atoms with E-state index in [-0.39, 0.29) is 0 Å². The molecule has 0 amide bonds. The second-order valence-electron chi connectivity index (χ2n) is 4.08. The average Bonchev–Trinajstić information content (AvgIpc) is 2.63. The molecule has 1 aliphatic carbocycles. The van der Waals surface area contributed by atoms with Crippen molar-refractivity contribution in [2.75, 3.05) is 11.6 Å². The lowest BCUT2D eigenvalue weighted by atomic mass is 10.2. The molecule has 0 bridgehead atoms. The Hall–Kier alpha value is -0.290. The van der Waals surface area contributed by atoms with Gasteiger partial charge in [0.05, 0.1) is 0 Å². The largest absolute Gasteiger partial charge is 0.366 e. The zero-order chi connectivity index (χ0) is 11.5. The SMILES string of the molecule is CSC1CCCC1Nc1cc(Br)nc(C)n1. The molecule has 2 unspecified atom stereocenters. The highest BCUT2D eigenvalue weighted by atomic mass is 79.9. The first-order chi connectivity index (χ1) is 7.69. The molecule has 1 saturated carbocycles. The average molecular weight is 302 g/mol. The topological polar surface area (TPSA) is 37.8 Å². The van der Waals surface area contributed by atoms with Gasteiger partial charge in [0.1, 0.15) is 16.2 Å². The highest BCUT2D eigenvalue weighted by Crippen LogP contribution is 2.30. The zero-order valence-electron chi connectivity index (χ0n) is 9.53. The summed E-state index contributed by atoms with van der Waals surface area (Å²) < 4.78 is 0.848. The summed E-state index contributed by atoms with van der Waals surface area (Å²) >= 11 is 5.35. The van der Waals surface area contributed by atoms with Crippen LogP contribution >= 0.6 is 27.7 Å². The van der Waals surface area contributed by atoms with Gasteiger partial charge >= 0.3 is 0 Å². The second-order valence-corrected chi connectivity index (χ2v) is 5.97. The molecule has 1 aromatic heterocycles. The number of nitrogens with one attached hydrogen (secondary N) is 1. The van der Waals surface area contributed by atoms with Gasteiger partial charge in [-0.3, -0.25) is 0 Å². The summed E-state index contributed by atoms with van der Waals surface area (Å²) in [6.07, 6.45) is 6.05. The Morgan fingerprint density at radius 3 is 2.94 bits per heavy atom. The lowest BCUT2D eigenvalue weighted by Gasteiger charge is -2.19. The molecule has 0 aromatic carbocycles. The van der Waals surface area contributed by atoms with Gasteiger partial charge in [0, 0.05) is 17.4 Å². The van der Waals surface area contributed by atoms with Crippen LogP contribution in [0.1, 0.15) is 25.1 Å². The first-order valence-electron chi connectivity index (χ1n) is 5.49. The molecule has 1 aliphatic rings. The predicted octanol–water partition coefficient (Wildman–Crippen LogP) is 3.24. The van der Waals surface area contributed by atoms with Crippen LogP contribution in [-0.4, -0.2) is 27.5 Å². The smallest absolute Gasteiger partial charge is 0.131 e. The maximum absolute atomic E-state index is 4.40. The van der Waals surface area contributed by atoms with Gasteiger partial charge in [0.15, 0.2) is 0 Å². The first kappa shape index (κ1) is 12.2. The van der Waals surface area contributed by atoms with Crippen LogP contribution in [0.25, 0.3) is 0 Å². The van der Waals surface area contributed by atoms with Gasteiger partial charge in [-0.15, -0.1) is 0 Å². The molecule has 3 nitrogen and oxygen atoms in total. The number of aryl methyl sites for hydroxylation is 1. The van der Waals surface area contributed by atoms with Crippen LogP contribution in [0, 0.1) is 6.92 Å². The summed E-state index contributed by atoms with van der Waals surface area (Å²) in [5.41, 5.74) is 0. The van der Waals surface area contributed by atoms with E-state index in [9.17, 15) is 0 Å². The van der Waals surface area contributed by atoms with E-state index in [1.54, 1.807) is 0 Å². The van der Waals surface area contributed by atoms with Gasteiger partial charge in [-0.05, 0) is 42.0 Å². The van der Waals surface area contributed by atoms with E-state index in [0.717, 1.165) is 16.2 Å². The fourth-order valence-corrected chi connectivity index (χ4v) is 3.58. The number of rotatable bonds is 3. The number of thioether (sulfide) groups is 1. The molecule has 0 spiro atoms. The zero-order valence-corrected chi connectivity index (χ0v) is 11.9. The van der Waals surface area contributed by atoms with Crippen LogP contribution in [-0.2, 0) is 0 Å². The fraction of sp³-hybridized carbons (Fsp3) is 0.636. The highest BCUT2D eigenvalue weighted by Gasteiger charge is 2.26. The molecule has 1 N–H and O–H groups in total. The lowest BCUT2D eigenvalue weighted by molar-refractivity contribution is 0.760. The summed E-state index contributed by atoms with van der Waals surface area (Å²) in [6, 6.07) is 2.50. The third kappa shape index (κ3) is 2.88. The Morgan fingerprint density at radius 2 is 2.25 bits per heavy atom. The number of nitrogens with zero attached hydrogens (tertiary/aromatic N) is 2. The molecule has 2 rings (SSSR count). The number of aromatic nitrogens is 2. The van der Waals surface area contributed by atoms with Crippen molar-refractivity contribution in [3.63, 3.8) is 0 Å². The van der Waals surface area contributed by atoms with Crippen LogP contribution in [0.15, 0.2) is 10.7 Å². The van der Waals surface area contributed by atoms with E-state index >= 15 is 0 Å². The van der Waals surface area contributed by atoms with Gasteiger partial charge in [0.2, 0.25) is 0 Å². The minimum Gasteiger partial charge on any atom is -0.366 e. The molecule has 1 aromatic rings. The van der Waals surface area contributed by atoms with Gasteiger partial charge in [-0.25, -0.2) is 9.97 Å². The van der Waals surface area contributed by atoms with Gasteiger partial charge in [-0.2, -0.15) is 11.8 Å². The van der Waals surface area contributed by atoms with Gasteiger partial charge < -0.3 is 5.32 Å². The highest BCUT2D eigenvalue weighted by molar-refractivity contribution is 9.10. The van der Waals surface area contributed by atoms with E-state index in [1.807, 2.05) is 24.8 Å². The van der Waals surface area contributed by atoms with E-state index in [1.165, 1.54) is 19.3 Å². The van der Waals surface area contributed by atoms with Crippen molar-refractivity contribution in [1.29, 1.82) is 0 Å². The van der Waals surface area contributed by atoms with E-state index < -0.39 is 0 Å². The Morgan fingerprint density at radius 1 is 1.44 bits per heavy atom. The Bertz CT molecular complexity index is 352. The molecule has 1 fully saturated rings. The first-order valence-corrected chi connectivity index (χ1v) is 7.57. The maximum Gasteiger partial charge on any atom is 0.131 e. The van der Waals surface area contributed by atoms with Crippen molar-refractivity contribution in [3.05, 3.63) is 16.5 Å². The van der Waals surface area contributed by atoms with Crippen LogP contribution < -0.4 is 5.32 Å². The number of halogens is 1. The normalized spacial score (nSPS) is 24.7. The summed E-state index contributed by atoms with van der Waals surface area (Å²) in [4.78, 5) is 8.61. The van der Waals surface area contributed by atoms with Crippen LogP contribution in [0.5, 0.6) is 0 Å². The van der Waals surface area contributed by atoms with Crippen LogP contribution in [0.4, 0.5) is 5.82 Å². The fourth-order valence-electron chi connectivity index (χ4n) is 2.17. The minimum atomic E-state index is 0.552. The van der Waals surface area contributed by atoms with Crippen LogP contribution in [0.3, 0.4) is 0 Å². The van der Waals surface area contributed by atoms with Crippen molar-refractivity contribution >= 4 is 33.5 Å². The Kier molecular flexibility index (Phi) is 4.08. The summed E-state index contributed by atoms with van der Waals surface area (Å²) in [5, 5.41) is 4.24. The molecule has 0 radical (unpaired) electrons. The standard InChI is InChI=1S/C11H16BrN3S/c1-7-13-10(12)6-11(14-7)15-8-4-3-5-9(8)16-2/h6,8-9H,3-5H2,1-2H3,(H,13,14,15). The third-order valence-corrected chi connectivity index (χ3v) is 4.47. The summed E-state index contributed by atoms with van der Waals surface area (Å²) in [7, 11) is 0. The maximum atomic E-state index is 4.40. The lowest BCUT2D eigenvalue weighted by Crippen LogP contribution is -2.26. The molecular weight excluding hydrogens is 286 g/mol. The van der Waals surface area contributed by atoms with E-state index in [2.05, 4.69) is 37.5 Å². The van der Waals surface area contributed by atoms with Crippen molar-refractivity contribution in [2.45, 2.75) is 37.5 Å². The molecule has 88 valence electrons. The number of hydrogen-bond donors (Lipinski definition) is 1. The molecule has 0 aliphatic heterocycles. The monoisotopic (exact) mass is 301 g/mol. The quantitative estimate of drug-likeness (QED) is 0.870. The Balaban J connectivity index is 2.08. The summed E-state index contributed by atoms with van der Waals surface area (Å²) in [5.74, 6) is 1.74. The molecule has 16 heavy (non-hydrogen) atoms. The third-order valence-electron chi connectivity index (χ3n) is 2.90. The second kappa shape index (κ2) is 5.36. The number of hydrogen-bond acceptors (Lipinski definition) is 4. The van der Waals surface area contributed by atoms with Crippen molar-refractivity contribution in [3.8, 4) is 0 Å². The predicted molar refractivity (Wildman–Crippen MR) is 73.0 cm³/mol.